The van der Waals surface area contributed by atoms with Crippen LogP contribution in [-0.4, -0.2) is 12.0 Å². The second-order valence-electron chi connectivity index (χ2n) is 7.08. The summed E-state index contributed by atoms with van der Waals surface area (Å²) >= 11 is 0. The van der Waals surface area contributed by atoms with Crippen molar-refractivity contribution in [3.63, 3.8) is 0 Å². The predicted molar refractivity (Wildman–Crippen MR) is 90.7 cm³/mol. The first-order chi connectivity index (χ1) is 12.7. The van der Waals surface area contributed by atoms with Gasteiger partial charge in [-0.2, -0.15) is 36.6 Å². The number of rotatable bonds is 2. The standard InChI is InChI=1S/C19H16F6N2O/c1-17(2,3)14-8-11(9-15(16(14)28)19(23,24)25)10-26-27-13-6-4-12(5-7-13)18(20,21)22/h4-10H,1-3H3. The van der Waals surface area contributed by atoms with E-state index < -0.39 is 34.7 Å². The summed E-state index contributed by atoms with van der Waals surface area (Å²) in [5, 5.41) is 7.30. The lowest BCUT2D eigenvalue weighted by Gasteiger charge is -2.26. The highest BCUT2D eigenvalue weighted by Crippen LogP contribution is 2.38. The Labute approximate surface area is 157 Å². The number of halogens is 6. The van der Waals surface area contributed by atoms with E-state index in [2.05, 4.69) is 10.2 Å². The average Bonchev–Trinajstić information content (AvgIpc) is 2.53. The normalized spacial score (nSPS) is 17.9. The average molecular weight is 402 g/mol. The van der Waals surface area contributed by atoms with Crippen molar-refractivity contribution in [3.8, 4) is 0 Å². The molecule has 0 fully saturated rings. The second kappa shape index (κ2) is 7.37. The zero-order chi connectivity index (χ0) is 21.3. The Kier molecular flexibility index (Phi) is 5.68. The quantitative estimate of drug-likeness (QED) is 0.400. The van der Waals surface area contributed by atoms with Crippen LogP contribution in [0.15, 0.2) is 69.6 Å². The number of nitrogens with zero attached hydrogens (tertiary/aromatic N) is 2. The summed E-state index contributed by atoms with van der Waals surface area (Å²) in [4.78, 5) is 12.1. The number of ketones is 1. The van der Waals surface area contributed by atoms with Gasteiger partial charge in [0.2, 0.25) is 0 Å². The molecule has 0 heterocycles. The van der Waals surface area contributed by atoms with Gasteiger partial charge in [-0.05, 0) is 47.4 Å². The molecule has 0 amide bonds. The number of carbonyl (C=O) groups excluding carboxylic acids is 1. The molecule has 0 saturated heterocycles. The third-order valence-corrected chi connectivity index (χ3v) is 3.80. The number of allylic oxidation sites excluding steroid dienone is 5. The van der Waals surface area contributed by atoms with Crippen LogP contribution in [0.5, 0.6) is 0 Å². The first-order valence-electron chi connectivity index (χ1n) is 8.03. The number of benzene rings is 1. The second-order valence-corrected chi connectivity index (χ2v) is 7.08. The molecule has 28 heavy (non-hydrogen) atoms. The van der Waals surface area contributed by atoms with Crippen LogP contribution in [0.4, 0.5) is 32.0 Å². The zero-order valence-corrected chi connectivity index (χ0v) is 15.1. The van der Waals surface area contributed by atoms with E-state index >= 15 is 0 Å². The first-order valence-corrected chi connectivity index (χ1v) is 8.03. The lowest BCUT2D eigenvalue weighted by atomic mass is 9.78. The van der Waals surface area contributed by atoms with E-state index in [1.54, 1.807) is 20.8 Å². The van der Waals surface area contributed by atoms with Crippen molar-refractivity contribution >= 4 is 11.5 Å². The van der Waals surface area contributed by atoms with Gasteiger partial charge in [-0.25, -0.2) is 0 Å². The molecular weight excluding hydrogens is 386 g/mol. The van der Waals surface area contributed by atoms with Crippen molar-refractivity contribution < 1.29 is 31.1 Å². The van der Waals surface area contributed by atoms with Crippen LogP contribution in [0, 0.1) is 5.41 Å². The van der Waals surface area contributed by atoms with Crippen LogP contribution < -0.4 is 0 Å². The Balaban J connectivity index is 2.34. The Morgan fingerprint density at radius 2 is 1.36 bits per heavy atom. The van der Waals surface area contributed by atoms with Gasteiger partial charge in [0.05, 0.1) is 17.5 Å². The molecule has 0 spiro atoms. The van der Waals surface area contributed by atoms with Crippen molar-refractivity contribution in [2.75, 3.05) is 0 Å². The fourth-order valence-electron chi connectivity index (χ4n) is 2.37. The summed E-state index contributed by atoms with van der Waals surface area (Å²) in [5.41, 5.74) is -2.92. The summed E-state index contributed by atoms with van der Waals surface area (Å²) in [6.07, 6.45) is -6.33. The number of hydrogen-bond acceptors (Lipinski definition) is 3. The minimum absolute atomic E-state index is 0.00696. The summed E-state index contributed by atoms with van der Waals surface area (Å²) in [7, 11) is 0. The van der Waals surface area contributed by atoms with E-state index in [0.29, 0.717) is 6.08 Å². The highest BCUT2D eigenvalue weighted by Gasteiger charge is 2.43. The van der Waals surface area contributed by atoms with E-state index in [-0.39, 0.29) is 16.8 Å². The van der Waals surface area contributed by atoms with Crippen LogP contribution in [0.25, 0.3) is 0 Å². The first kappa shape index (κ1) is 21.6. The van der Waals surface area contributed by atoms with Gasteiger partial charge in [-0.1, -0.05) is 20.8 Å². The summed E-state index contributed by atoms with van der Waals surface area (Å²) in [5.74, 6) is -1.10. The van der Waals surface area contributed by atoms with Crippen molar-refractivity contribution in [2.45, 2.75) is 33.1 Å². The predicted octanol–water partition coefficient (Wildman–Crippen LogP) is 6.72. The molecule has 0 bridgehead atoms. The summed E-state index contributed by atoms with van der Waals surface area (Å²) in [6.45, 7) is 4.83. The molecule has 0 saturated carbocycles. The van der Waals surface area contributed by atoms with Gasteiger partial charge in [0.25, 0.3) is 0 Å². The molecule has 0 aromatic heterocycles. The van der Waals surface area contributed by atoms with E-state index in [1.807, 2.05) is 0 Å². The number of Topliss-reactive ketones (excluding diaryl/α,β-unsaturated/α-hetero) is 1. The highest BCUT2D eigenvalue weighted by molar-refractivity contribution is 6.11. The largest absolute Gasteiger partial charge is 0.420 e. The van der Waals surface area contributed by atoms with Gasteiger partial charge in [-0.3, -0.25) is 4.79 Å². The molecule has 9 heteroatoms. The Morgan fingerprint density at radius 1 is 0.821 bits per heavy atom. The van der Waals surface area contributed by atoms with Crippen LogP contribution in [0.2, 0.25) is 0 Å². The third-order valence-electron chi connectivity index (χ3n) is 3.80. The van der Waals surface area contributed by atoms with E-state index in [4.69, 9.17) is 0 Å². The molecule has 1 aromatic rings. The molecular formula is C19H16F6N2O. The van der Waals surface area contributed by atoms with Crippen LogP contribution >= 0.6 is 0 Å². The van der Waals surface area contributed by atoms with Crippen molar-refractivity contribution in [3.05, 3.63) is 64.9 Å². The molecule has 0 atom stereocenters. The van der Waals surface area contributed by atoms with Gasteiger partial charge in [0.1, 0.15) is 5.57 Å². The van der Waals surface area contributed by atoms with Crippen LogP contribution in [-0.2, 0) is 11.0 Å². The number of alkyl halides is 6. The summed E-state index contributed by atoms with van der Waals surface area (Å²) in [6, 6.07) is 3.81. The maximum Gasteiger partial charge on any atom is 0.420 e. The topological polar surface area (TPSA) is 41.8 Å². The van der Waals surface area contributed by atoms with Crippen molar-refractivity contribution in [2.24, 2.45) is 15.6 Å². The smallest absolute Gasteiger partial charge is 0.289 e. The van der Waals surface area contributed by atoms with Gasteiger partial charge in [0, 0.05) is 5.57 Å². The number of azo groups is 1. The van der Waals surface area contributed by atoms with Crippen LogP contribution in [0.3, 0.4) is 0 Å². The fraction of sp³-hybridized carbons (Fsp3) is 0.316. The Hall–Kier alpha value is -2.71. The molecule has 0 unspecified atom stereocenters. The van der Waals surface area contributed by atoms with Crippen LogP contribution in [0.1, 0.15) is 26.3 Å². The third kappa shape index (κ3) is 5.17. The molecule has 150 valence electrons. The molecule has 1 aromatic carbocycles. The lowest BCUT2D eigenvalue weighted by Crippen LogP contribution is -2.29. The zero-order valence-electron chi connectivity index (χ0n) is 15.1. The fourth-order valence-corrected chi connectivity index (χ4v) is 2.37. The molecule has 0 N–H and O–H groups in total. The van der Waals surface area contributed by atoms with Gasteiger partial charge in [-0.15, -0.1) is 0 Å². The molecule has 2 rings (SSSR count). The Bertz CT molecular complexity index is 843. The monoisotopic (exact) mass is 402 g/mol. The molecule has 0 aliphatic heterocycles. The van der Waals surface area contributed by atoms with E-state index in [9.17, 15) is 31.1 Å². The Morgan fingerprint density at radius 3 is 1.82 bits per heavy atom. The minimum Gasteiger partial charge on any atom is -0.289 e. The SMILES string of the molecule is CC(C)(C)C1=CC(=CN=Nc2ccc(C(F)(F)F)cc2)C=C(C(F)(F)F)C1=O. The minimum atomic E-state index is -4.83. The van der Waals surface area contributed by atoms with Crippen molar-refractivity contribution in [1.82, 2.24) is 0 Å². The molecule has 3 nitrogen and oxygen atoms in total. The van der Waals surface area contributed by atoms with Gasteiger partial charge < -0.3 is 0 Å². The maximum absolute atomic E-state index is 13.2. The van der Waals surface area contributed by atoms with Crippen molar-refractivity contribution in [1.29, 1.82) is 0 Å². The van der Waals surface area contributed by atoms with E-state index in [0.717, 1.165) is 30.5 Å². The number of carbonyl (C=O) groups is 1. The molecule has 0 radical (unpaired) electrons. The summed E-state index contributed by atoms with van der Waals surface area (Å²) < 4.78 is 77.0. The molecule has 1 aliphatic carbocycles. The maximum atomic E-state index is 13.2. The number of hydrogen-bond donors (Lipinski definition) is 0. The van der Waals surface area contributed by atoms with Gasteiger partial charge in [0.15, 0.2) is 5.78 Å². The van der Waals surface area contributed by atoms with Gasteiger partial charge >= 0.3 is 12.4 Å². The molecule has 1 aliphatic rings. The lowest BCUT2D eigenvalue weighted by molar-refractivity contribution is -0.137. The van der Waals surface area contributed by atoms with E-state index in [1.165, 1.54) is 6.08 Å². The highest BCUT2D eigenvalue weighted by atomic mass is 19.4.